The first-order chi connectivity index (χ1) is 11.6. The molecule has 4 nitrogen and oxygen atoms in total. The Morgan fingerprint density at radius 1 is 1.38 bits per heavy atom. The molecule has 0 spiro atoms. The van der Waals surface area contributed by atoms with Gasteiger partial charge in [0.25, 0.3) is 0 Å². The highest BCUT2D eigenvalue weighted by Crippen LogP contribution is 2.41. The molecule has 1 amide bonds. The lowest BCUT2D eigenvalue weighted by Gasteiger charge is -2.42. The number of carbonyl (C=O) groups excluding carboxylic acids is 1. The molecule has 3 rings (SSSR count). The summed E-state index contributed by atoms with van der Waals surface area (Å²) in [6, 6.07) is 7.06. The fourth-order valence-corrected chi connectivity index (χ4v) is 3.84. The number of benzene rings is 1. The lowest BCUT2D eigenvalue weighted by Crippen LogP contribution is -2.55. The largest absolute Gasteiger partial charge is 0.384 e. The van der Waals surface area contributed by atoms with Crippen molar-refractivity contribution in [2.75, 3.05) is 26.8 Å². The smallest absolute Gasteiger partial charge is 0.228 e. The van der Waals surface area contributed by atoms with Crippen LogP contribution in [0, 0.1) is 11.2 Å². The molecule has 2 aliphatic rings. The Balaban J connectivity index is 1.56. The van der Waals surface area contributed by atoms with Gasteiger partial charge in [-0.3, -0.25) is 9.69 Å². The van der Waals surface area contributed by atoms with Crippen LogP contribution in [0.3, 0.4) is 0 Å². The van der Waals surface area contributed by atoms with E-state index in [1.165, 1.54) is 6.07 Å². The predicted molar refractivity (Wildman–Crippen MR) is 91.0 cm³/mol. The van der Waals surface area contributed by atoms with E-state index in [9.17, 15) is 9.18 Å². The monoisotopic (exact) mass is 334 g/mol. The van der Waals surface area contributed by atoms with Crippen molar-refractivity contribution in [2.45, 2.75) is 44.7 Å². The zero-order valence-corrected chi connectivity index (χ0v) is 14.4. The third kappa shape index (κ3) is 3.78. The van der Waals surface area contributed by atoms with E-state index in [0.717, 1.165) is 50.8 Å². The van der Waals surface area contributed by atoms with Gasteiger partial charge in [-0.1, -0.05) is 24.6 Å². The van der Waals surface area contributed by atoms with E-state index in [0.29, 0.717) is 13.2 Å². The number of rotatable bonds is 6. The Hall–Kier alpha value is -1.46. The molecule has 0 unspecified atom stereocenters. The molecule has 1 atom stereocenters. The molecule has 1 aromatic rings. The molecule has 24 heavy (non-hydrogen) atoms. The standard InChI is InChI=1S/C19H27FN2O2/c1-24-14-19(9-5-10-19)18(23)21-16-7-4-11-22(13-16)12-15-6-2-3-8-17(15)20/h2-3,6,8,16H,4-5,7,9-14H2,1H3,(H,21,23)/t16-/m0/s1. The fraction of sp³-hybridized carbons (Fsp3) is 0.632. The van der Waals surface area contributed by atoms with E-state index in [1.54, 1.807) is 13.2 Å². The van der Waals surface area contributed by atoms with Crippen molar-refractivity contribution in [3.05, 3.63) is 35.6 Å². The van der Waals surface area contributed by atoms with Gasteiger partial charge in [0, 0.05) is 31.8 Å². The van der Waals surface area contributed by atoms with E-state index in [4.69, 9.17) is 4.74 Å². The van der Waals surface area contributed by atoms with Crippen LogP contribution in [0.4, 0.5) is 4.39 Å². The molecule has 132 valence electrons. The Labute approximate surface area is 143 Å². The number of halogens is 1. The van der Waals surface area contributed by atoms with Crippen LogP contribution in [0.2, 0.25) is 0 Å². The van der Waals surface area contributed by atoms with Gasteiger partial charge in [0.2, 0.25) is 5.91 Å². The van der Waals surface area contributed by atoms with Gasteiger partial charge in [0.15, 0.2) is 0 Å². The number of hydrogen-bond acceptors (Lipinski definition) is 3. The summed E-state index contributed by atoms with van der Waals surface area (Å²) in [6.45, 7) is 2.83. The number of amides is 1. The van der Waals surface area contributed by atoms with E-state index in [2.05, 4.69) is 10.2 Å². The Kier molecular flexibility index (Phi) is 5.51. The number of hydrogen-bond donors (Lipinski definition) is 1. The highest BCUT2D eigenvalue weighted by Gasteiger charge is 2.44. The number of nitrogens with zero attached hydrogens (tertiary/aromatic N) is 1. The average Bonchev–Trinajstić information content (AvgIpc) is 2.53. The van der Waals surface area contributed by atoms with Crippen molar-refractivity contribution in [3.63, 3.8) is 0 Å². The number of piperidine rings is 1. The zero-order valence-electron chi connectivity index (χ0n) is 14.4. The van der Waals surface area contributed by atoms with Crippen LogP contribution in [0.5, 0.6) is 0 Å². The van der Waals surface area contributed by atoms with Gasteiger partial charge in [-0.05, 0) is 38.3 Å². The van der Waals surface area contributed by atoms with Gasteiger partial charge >= 0.3 is 0 Å². The maximum absolute atomic E-state index is 13.8. The van der Waals surface area contributed by atoms with Crippen molar-refractivity contribution in [3.8, 4) is 0 Å². The molecule has 0 aromatic heterocycles. The van der Waals surface area contributed by atoms with Crippen molar-refractivity contribution in [1.82, 2.24) is 10.2 Å². The second-order valence-corrected chi connectivity index (χ2v) is 7.21. The Bertz CT molecular complexity index is 574. The molecule has 1 saturated heterocycles. The molecule has 5 heteroatoms. The van der Waals surface area contributed by atoms with Gasteiger partial charge in [0.1, 0.15) is 5.82 Å². The first-order valence-corrected chi connectivity index (χ1v) is 8.89. The molecule has 2 fully saturated rings. The van der Waals surface area contributed by atoms with Crippen molar-refractivity contribution < 1.29 is 13.9 Å². The molecule has 1 saturated carbocycles. The molecular formula is C19H27FN2O2. The highest BCUT2D eigenvalue weighted by molar-refractivity contribution is 5.84. The van der Waals surface area contributed by atoms with Crippen LogP contribution in [-0.2, 0) is 16.1 Å². The van der Waals surface area contributed by atoms with Gasteiger partial charge in [0.05, 0.1) is 12.0 Å². The lowest BCUT2D eigenvalue weighted by atomic mass is 9.68. The first kappa shape index (κ1) is 17.4. The predicted octanol–water partition coefficient (Wildman–Crippen LogP) is 2.72. The molecule has 1 aliphatic heterocycles. The SMILES string of the molecule is COCC1(C(=O)N[C@H]2CCCN(Cc3ccccc3F)C2)CCC1. The summed E-state index contributed by atoms with van der Waals surface area (Å²) in [5.74, 6) is -0.0227. The zero-order chi connectivity index (χ0) is 17.0. The summed E-state index contributed by atoms with van der Waals surface area (Å²) in [4.78, 5) is 14.9. The summed E-state index contributed by atoms with van der Waals surface area (Å²) in [5, 5.41) is 3.22. The molecule has 1 N–H and O–H groups in total. The molecule has 1 aliphatic carbocycles. The van der Waals surface area contributed by atoms with Crippen LogP contribution in [0.1, 0.15) is 37.7 Å². The van der Waals surface area contributed by atoms with Gasteiger partial charge in [-0.25, -0.2) is 4.39 Å². The lowest BCUT2D eigenvalue weighted by molar-refractivity contribution is -0.141. The maximum atomic E-state index is 13.8. The van der Waals surface area contributed by atoms with E-state index in [-0.39, 0.29) is 23.2 Å². The topological polar surface area (TPSA) is 41.6 Å². The molecule has 0 radical (unpaired) electrons. The Morgan fingerprint density at radius 2 is 2.17 bits per heavy atom. The second-order valence-electron chi connectivity index (χ2n) is 7.21. The number of ether oxygens (including phenoxy) is 1. The van der Waals surface area contributed by atoms with E-state index in [1.807, 2.05) is 12.1 Å². The third-order valence-electron chi connectivity index (χ3n) is 5.41. The molecule has 1 aromatic carbocycles. The quantitative estimate of drug-likeness (QED) is 0.870. The minimum absolute atomic E-state index is 0.133. The summed E-state index contributed by atoms with van der Waals surface area (Å²) >= 11 is 0. The molecule has 0 bridgehead atoms. The summed E-state index contributed by atoms with van der Waals surface area (Å²) in [6.07, 6.45) is 4.94. The van der Waals surface area contributed by atoms with Gasteiger partial charge in [-0.2, -0.15) is 0 Å². The normalized spacial score (nSPS) is 23.5. The maximum Gasteiger partial charge on any atom is 0.228 e. The van der Waals surface area contributed by atoms with E-state index < -0.39 is 0 Å². The number of carbonyl (C=O) groups is 1. The molecule has 1 heterocycles. The van der Waals surface area contributed by atoms with Crippen LogP contribution >= 0.6 is 0 Å². The van der Waals surface area contributed by atoms with Crippen molar-refractivity contribution in [1.29, 1.82) is 0 Å². The summed E-state index contributed by atoms with van der Waals surface area (Å²) in [7, 11) is 1.66. The number of methoxy groups -OCH3 is 1. The summed E-state index contributed by atoms with van der Waals surface area (Å²) < 4.78 is 19.1. The number of likely N-dealkylation sites (tertiary alicyclic amines) is 1. The second kappa shape index (κ2) is 7.62. The summed E-state index contributed by atoms with van der Waals surface area (Å²) in [5.41, 5.74) is 0.405. The molecular weight excluding hydrogens is 307 g/mol. The minimum atomic E-state index is -0.317. The third-order valence-corrected chi connectivity index (χ3v) is 5.41. The van der Waals surface area contributed by atoms with Crippen LogP contribution in [0.15, 0.2) is 24.3 Å². The van der Waals surface area contributed by atoms with E-state index >= 15 is 0 Å². The van der Waals surface area contributed by atoms with Crippen LogP contribution in [-0.4, -0.2) is 43.7 Å². The number of nitrogens with one attached hydrogen (secondary N) is 1. The Morgan fingerprint density at radius 3 is 2.83 bits per heavy atom. The van der Waals surface area contributed by atoms with Gasteiger partial charge < -0.3 is 10.1 Å². The average molecular weight is 334 g/mol. The first-order valence-electron chi connectivity index (χ1n) is 8.89. The highest BCUT2D eigenvalue weighted by atomic mass is 19.1. The van der Waals surface area contributed by atoms with Crippen molar-refractivity contribution >= 4 is 5.91 Å². The van der Waals surface area contributed by atoms with Crippen LogP contribution in [0.25, 0.3) is 0 Å². The minimum Gasteiger partial charge on any atom is -0.384 e. The van der Waals surface area contributed by atoms with Crippen LogP contribution < -0.4 is 5.32 Å². The van der Waals surface area contributed by atoms with Crippen molar-refractivity contribution in [2.24, 2.45) is 5.41 Å². The fourth-order valence-electron chi connectivity index (χ4n) is 3.84. The van der Waals surface area contributed by atoms with Gasteiger partial charge in [-0.15, -0.1) is 0 Å².